The lowest BCUT2D eigenvalue weighted by Gasteiger charge is -2.21. The minimum atomic E-state index is 0.0233. The van der Waals surface area contributed by atoms with Gasteiger partial charge in [-0.15, -0.1) is 11.8 Å². The molecule has 0 aliphatic carbocycles. The number of carbonyl (C=O) groups excluding carboxylic acids is 1. The third-order valence-electron chi connectivity index (χ3n) is 2.07. The number of fused-ring (bicyclic) bond motifs is 1. The van der Waals surface area contributed by atoms with E-state index in [1.54, 1.807) is 11.8 Å². The number of anilines is 1. The van der Waals surface area contributed by atoms with E-state index in [-0.39, 0.29) is 11.2 Å². The van der Waals surface area contributed by atoms with Crippen LogP contribution in [0, 0.1) is 6.92 Å². The van der Waals surface area contributed by atoms with Crippen molar-refractivity contribution in [1.29, 1.82) is 0 Å². The van der Waals surface area contributed by atoms with E-state index in [2.05, 4.69) is 17.4 Å². The van der Waals surface area contributed by atoms with Crippen LogP contribution in [-0.4, -0.2) is 11.2 Å². The standard InChI is InChI=1S/C10H11NOS/c1-6-3-4-9-8(5-6)11-10(12)7(2)13-9/h3-5,7H,1-2H3,(H,11,12)/t7-/m0/s1. The first kappa shape index (κ1) is 8.63. The van der Waals surface area contributed by atoms with E-state index >= 15 is 0 Å². The van der Waals surface area contributed by atoms with Gasteiger partial charge >= 0.3 is 0 Å². The minimum absolute atomic E-state index is 0.0233. The topological polar surface area (TPSA) is 29.1 Å². The van der Waals surface area contributed by atoms with Gasteiger partial charge in [0.15, 0.2) is 0 Å². The van der Waals surface area contributed by atoms with Crippen LogP contribution in [0.3, 0.4) is 0 Å². The first-order valence-electron chi connectivity index (χ1n) is 4.25. The lowest BCUT2D eigenvalue weighted by Crippen LogP contribution is -2.26. The third kappa shape index (κ3) is 1.56. The fourth-order valence-electron chi connectivity index (χ4n) is 1.32. The number of amides is 1. The molecule has 0 unspecified atom stereocenters. The van der Waals surface area contributed by atoms with E-state index in [1.807, 2.05) is 19.9 Å². The molecule has 0 saturated heterocycles. The Hall–Kier alpha value is -0.960. The maximum Gasteiger partial charge on any atom is 0.237 e. The van der Waals surface area contributed by atoms with Gasteiger partial charge in [-0.25, -0.2) is 0 Å². The highest BCUT2D eigenvalue weighted by molar-refractivity contribution is 8.00. The molecule has 0 radical (unpaired) electrons. The van der Waals surface area contributed by atoms with Crippen molar-refractivity contribution in [1.82, 2.24) is 0 Å². The van der Waals surface area contributed by atoms with Gasteiger partial charge in [-0.2, -0.15) is 0 Å². The highest BCUT2D eigenvalue weighted by Crippen LogP contribution is 2.35. The van der Waals surface area contributed by atoms with Gasteiger partial charge in [0, 0.05) is 4.90 Å². The summed E-state index contributed by atoms with van der Waals surface area (Å²) in [6.07, 6.45) is 0. The van der Waals surface area contributed by atoms with Gasteiger partial charge < -0.3 is 5.32 Å². The Balaban J connectivity index is 2.42. The van der Waals surface area contributed by atoms with Crippen molar-refractivity contribution < 1.29 is 4.79 Å². The molecule has 1 aromatic carbocycles. The van der Waals surface area contributed by atoms with Crippen LogP contribution in [0.1, 0.15) is 12.5 Å². The molecule has 68 valence electrons. The van der Waals surface area contributed by atoms with Crippen LogP contribution < -0.4 is 5.32 Å². The van der Waals surface area contributed by atoms with Crippen LogP contribution in [0.5, 0.6) is 0 Å². The monoisotopic (exact) mass is 193 g/mol. The Morgan fingerprint density at radius 3 is 3.00 bits per heavy atom. The molecule has 0 fully saturated rings. The molecule has 0 bridgehead atoms. The van der Waals surface area contributed by atoms with Gasteiger partial charge in [-0.3, -0.25) is 4.79 Å². The Bertz CT molecular complexity index is 362. The van der Waals surface area contributed by atoms with Gasteiger partial charge in [-0.1, -0.05) is 6.07 Å². The molecule has 1 aliphatic heterocycles. The summed E-state index contributed by atoms with van der Waals surface area (Å²) < 4.78 is 0. The summed E-state index contributed by atoms with van der Waals surface area (Å²) in [6, 6.07) is 6.13. The number of thioether (sulfide) groups is 1. The van der Waals surface area contributed by atoms with Crippen molar-refractivity contribution in [2.45, 2.75) is 24.0 Å². The van der Waals surface area contributed by atoms with Crippen LogP contribution in [0.2, 0.25) is 0 Å². The lowest BCUT2D eigenvalue weighted by molar-refractivity contribution is -0.115. The Kier molecular flexibility index (Phi) is 2.04. The van der Waals surface area contributed by atoms with Crippen LogP contribution in [0.25, 0.3) is 0 Å². The number of carbonyl (C=O) groups is 1. The van der Waals surface area contributed by atoms with Crippen LogP contribution in [0.15, 0.2) is 23.1 Å². The normalized spacial score (nSPS) is 20.8. The summed E-state index contributed by atoms with van der Waals surface area (Å²) in [5, 5.41) is 2.91. The molecular weight excluding hydrogens is 182 g/mol. The van der Waals surface area contributed by atoms with E-state index in [9.17, 15) is 4.79 Å². The molecule has 0 saturated carbocycles. The number of nitrogens with one attached hydrogen (secondary N) is 1. The van der Waals surface area contributed by atoms with Gasteiger partial charge in [0.1, 0.15) is 0 Å². The molecule has 0 spiro atoms. The number of aryl methyl sites for hydroxylation is 1. The summed E-state index contributed by atoms with van der Waals surface area (Å²) >= 11 is 1.62. The average Bonchev–Trinajstić information content (AvgIpc) is 2.08. The van der Waals surface area contributed by atoms with Crippen molar-refractivity contribution >= 4 is 23.4 Å². The van der Waals surface area contributed by atoms with Gasteiger partial charge in [-0.05, 0) is 31.5 Å². The molecule has 0 aromatic heterocycles. The second-order valence-electron chi connectivity index (χ2n) is 3.25. The smallest absolute Gasteiger partial charge is 0.237 e. The maximum absolute atomic E-state index is 11.3. The summed E-state index contributed by atoms with van der Waals surface area (Å²) in [5.74, 6) is 0.100. The first-order valence-corrected chi connectivity index (χ1v) is 5.13. The fraction of sp³-hybridized carbons (Fsp3) is 0.300. The molecule has 13 heavy (non-hydrogen) atoms. The quantitative estimate of drug-likeness (QED) is 0.685. The molecule has 2 nitrogen and oxygen atoms in total. The zero-order valence-corrected chi connectivity index (χ0v) is 8.44. The van der Waals surface area contributed by atoms with Crippen molar-refractivity contribution in [3.05, 3.63) is 23.8 Å². The second kappa shape index (κ2) is 3.07. The summed E-state index contributed by atoms with van der Waals surface area (Å²) in [4.78, 5) is 12.5. The number of hydrogen-bond donors (Lipinski definition) is 1. The molecule has 1 N–H and O–H groups in total. The molecule has 2 rings (SSSR count). The van der Waals surface area contributed by atoms with Crippen LogP contribution in [0.4, 0.5) is 5.69 Å². The van der Waals surface area contributed by atoms with E-state index in [1.165, 1.54) is 5.56 Å². The zero-order chi connectivity index (χ0) is 9.42. The Morgan fingerprint density at radius 1 is 1.46 bits per heavy atom. The van der Waals surface area contributed by atoms with Crippen LogP contribution >= 0.6 is 11.8 Å². The van der Waals surface area contributed by atoms with Crippen molar-refractivity contribution in [3.8, 4) is 0 Å². The zero-order valence-electron chi connectivity index (χ0n) is 7.63. The van der Waals surface area contributed by atoms with Crippen molar-refractivity contribution in [3.63, 3.8) is 0 Å². The average molecular weight is 193 g/mol. The minimum Gasteiger partial charge on any atom is -0.324 e. The molecule has 1 aromatic rings. The Labute approximate surface area is 81.7 Å². The lowest BCUT2D eigenvalue weighted by atomic mass is 10.2. The van der Waals surface area contributed by atoms with E-state index in [0.717, 1.165) is 10.6 Å². The predicted molar refractivity (Wildman–Crippen MR) is 55.1 cm³/mol. The predicted octanol–water partition coefficient (Wildman–Crippen LogP) is 2.43. The molecule has 1 atom stereocenters. The SMILES string of the molecule is Cc1ccc2c(c1)NC(=O)[C@H](C)S2. The number of benzene rings is 1. The Morgan fingerprint density at radius 2 is 2.23 bits per heavy atom. The van der Waals surface area contributed by atoms with E-state index in [4.69, 9.17) is 0 Å². The molecule has 1 amide bonds. The van der Waals surface area contributed by atoms with Gasteiger partial charge in [0.25, 0.3) is 0 Å². The van der Waals surface area contributed by atoms with Gasteiger partial charge in [0.05, 0.1) is 10.9 Å². The summed E-state index contributed by atoms with van der Waals surface area (Å²) in [7, 11) is 0. The summed E-state index contributed by atoms with van der Waals surface area (Å²) in [5.41, 5.74) is 2.13. The van der Waals surface area contributed by atoms with E-state index in [0.29, 0.717) is 0 Å². The van der Waals surface area contributed by atoms with Crippen LogP contribution in [-0.2, 0) is 4.79 Å². The number of rotatable bonds is 0. The highest BCUT2D eigenvalue weighted by Gasteiger charge is 2.22. The molecule has 1 aliphatic rings. The maximum atomic E-state index is 11.3. The second-order valence-corrected chi connectivity index (χ2v) is 4.63. The fourth-order valence-corrected chi connectivity index (χ4v) is 2.25. The first-order chi connectivity index (χ1) is 6.16. The number of hydrogen-bond acceptors (Lipinski definition) is 2. The molecule has 3 heteroatoms. The van der Waals surface area contributed by atoms with E-state index < -0.39 is 0 Å². The third-order valence-corrected chi connectivity index (χ3v) is 3.24. The van der Waals surface area contributed by atoms with Crippen molar-refractivity contribution in [2.75, 3.05) is 5.32 Å². The highest BCUT2D eigenvalue weighted by atomic mass is 32.2. The largest absolute Gasteiger partial charge is 0.324 e. The molecular formula is C10H11NOS. The summed E-state index contributed by atoms with van der Waals surface area (Å²) in [6.45, 7) is 3.94. The van der Waals surface area contributed by atoms with Gasteiger partial charge in [0.2, 0.25) is 5.91 Å². The molecule has 1 heterocycles. The van der Waals surface area contributed by atoms with Crippen molar-refractivity contribution in [2.24, 2.45) is 0 Å².